The van der Waals surface area contributed by atoms with Gasteiger partial charge >= 0.3 is 0 Å². The molecule has 0 bridgehead atoms. The van der Waals surface area contributed by atoms with E-state index in [2.05, 4.69) is 6.92 Å². The molecule has 0 rings (SSSR count). The van der Waals surface area contributed by atoms with E-state index in [0.717, 1.165) is 13.0 Å². The Balaban J connectivity index is 3.06. The highest BCUT2D eigenvalue weighted by Crippen LogP contribution is 2.10. The number of unbranched alkanes of at least 4 members (excludes halogenated alkanes) is 9. The summed E-state index contributed by atoms with van der Waals surface area (Å²) < 4.78 is 89.8. The monoisotopic (exact) mass is 748 g/mol. The first-order valence-corrected chi connectivity index (χ1v) is 20.5. The van der Waals surface area contributed by atoms with E-state index in [1.165, 1.54) is 57.8 Å². The summed E-state index contributed by atoms with van der Waals surface area (Å²) in [4.78, 5) is 0. The number of ether oxygens (including phenoxy) is 11. The Bertz CT molecular complexity index is 732. The van der Waals surface area contributed by atoms with Crippen LogP contribution in [0.1, 0.15) is 77.6 Å². The molecule has 0 atom stereocenters. The third-order valence-corrected chi connectivity index (χ3v) is 7.86. The van der Waals surface area contributed by atoms with Crippen LogP contribution in [0.4, 0.5) is 0 Å². The van der Waals surface area contributed by atoms with Crippen LogP contribution in [-0.4, -0.2) is 164 Å². The van der Waals surface area contributed by atoms with Gasteiger partial charge in [0.05, 0.1) is 138 Å². The zero-order chi connectivity index (χ0) is 36.3. The molecule has 0 aromatic carbocycles. The van der Waals surface area contributed by atoms with Crippen molar-refractivity contribution < 1.29 is 65.1 Å². The van der Waals surface area contributed by atoms with Gasteiger partial charge in [-0.25, -0.2) is 0 Å². The number of hydrogen-bond donors (Lipinski definition) is 1. The molecule has 0 unspecified atom stereocenters. The van der Waals surface area contributed by atoms with Crippen LogP contribution in [0, 0.1) is 0 Å². The van der Waals surface area contributed by atoms with Crippen LogP contribution in [0.25, 0.3) is 0 Å². The van der Waals surface area contributed by atoms with Crippen molar-refractivity contribution in [3.8, 4) is 0 Å². The lowest BCUT2D eigenvalue weighted by atomic mass is 10.1. The topological polar surface area (TPSA) is 156 Å². The van der Waals surface area contributed by atoms with E-state index >= 15 is 0 Å². The largest absolute Gasteiger partial charge is 0.379 e. The van der Waals surface area contributed by atoms with E-state index in [1.807, 2.05) is 0 Å². The van der Waals surface area contributed by atoms with E-state index in [1.54, 1.807) is 0 Å². The standard InChI is InChI=1S/C35H72O14S/c1-2-3-4-5-6-7-8-9-10-11-13-39-15-17-41-19-21-43-23-25-45-27-29-47-31-33-49-34-32-48-30-28-46-26-24-44-22-20-42-18-16-40-14-12-35-50(36,37)38/h2-35H2,1H3,(H,36,37,38). The van der Waals surface area contributed by atoms with Crippen molar-refractivity contribution in [2.24, 2.45) is 0 Å². The maximum atomic E-state index is 10.6. The molecule has 0 saturated carbocycles. The molecule has 50 heavy (non-hydrogen) atoms. The molecule has 302 valence electrons. The molecule has 0 saturated heterocycles. The Hall–Kier alpha value is -0.530. The molecule has 0 fully saturated rings. The molecule has 14 nitrogen and oxygen atoms in total. The second-order valence-corrected chi connectivity index (χ2v) is 13.1. The zero-order valence-electron chi connectivity index (χ0n) is 31.2. The average molecular weight is 749 g/mol. The maximum absolute atomic E-state index is 10.6. The van der Waals surface area contributed by atoms with E-state index in [9.17, 15) is 8.42 Å². The van der Waals surface area contributed by atoms with Crippen molar-refractivity contribution in [2.75, 3.05) is 151 Å². The van der Waals surface area contributed by atoms with Crippen LogP contribution in [0.3, 0.4) is 0 Å². The van der Waals surface area contributed by atoms with E-state index in [-0.39, 0.29) is 18.8 Å². The summed E-state index contributed by atoms with van der Waals surface area (Å²) in [6.45, 7) is 13.3. The Kier molecular flexibility index (Phi) is 42.4. The Labute approximate surface area is 303 Å². The molecular formula is C35H72O14S. The van der Waals surface area contributed by atoms with Gasteiger partial charge in [0.25, 0.3) is 10.1 Å². The molecule has 0 aliphatic heterocycles. The molecule has 0 spiro atoms. The predicted molar refractivity (Wildman–Crippen MR) is 192 cm³/mol. The minimum Gasteiger partial charge on any atom is -0.379 e. The molecular weight excluding hydrogens is 676 g/mol. The molecule has 0 amide bonds. The molecule has 0 aromatic rings. The summed E-state index contributed by atoms with van der Waals surface area (Å²) in [5, 5.41) is 0. The fraction of sp³-hybridized carbons (Fsp3) is 1.00. The summed E-state index contributed by atoms with van der Waals surface area (Å²) in [7, 11) is -3.92. The molecule has 0 heterocycles. The van der Waals surface area contributed by atoms with Crippen molar-refractivity contribution in [3.63, 3.8) is 0 Å². The highest BCUT2D eigenvalue weighted by atomic mass is 32.2. The van der Waals surface area contributed by atoms with Crippen LogP contribution < -0.4 is 0 Å². The summed E-state index contributed by atoms with van der Waals surface area (Å²) >= 11 is 0. The van der Waals surface area contributed by atoms with Crippen molar-refractivity contribution in [1.29, 1.82) is 0 Å². The second-order valence-electron chi connectivity index (χ2n) is 11.6. The van der Waals surface area contributed by atoms with Crippen LogP contribution >= 0.6 is 0 Å². The van der Waals surface area contributed by atoms with Gasteiger partial charge in [-0.3, -0.25) is 4.55 Å². The van der Waals surface area contributed by atoms with Crippen molar-refractivity contribution in [1.82, 2.24) is 0 Å². The SMILES string of the molecule is CCCCCCCCCCCCOCCOCCOCCOCCOCCOCCOCCOCCOCCOCCOCCCS(=O)(=O)O. The van der Waals surface area contributed by atoms with Gasteiger partial charge in [-0.2, -0.15) is 8.42 Å². The van der Waals surface area contributed by atoms with E-state index in [4.69, 9.17) is 56.7 Å². The number of hydrogen-bond acceptors (Lipinski definition) is 13. The normalized spacial score (nSPS) is 12.0. The fourth-order valence-electron chi connectivity index (χ4n) is 4.34. The van der Waals surface area contributed by atoms with Gasteiger partial charge in [0.2, 0.25) is 0 Å². The third-order valence-electron chi connectivity index (χ3n) is 7.05. The summed E-state index contributed by atoms with van der Waals surface area (Å²) in [5.41, 5.74) is 0. The van der Waals surface area contributed by atoms with Gasteiger partial charge in [-0.1, -0.05) is 64.7 Å². The minimum absolute atomic E-state index is 0.250. The molecule has 0 radical (unpaired) electrons. The van der Waals surface area contributed by atoms with Crippen molar-refractivity contribution in [2.45, 2.75) is 77.6 Å². The Morgan fingerprint density at radius 3 is 0.740 bits per heavy atom. The minimum atomic E-state index is -3.92. The van der Waals surface area contributed by atoms with Gasteiger partial charge in [0, 0.05) is 13.2 Å². The molecule has 15 heteroatoms. The predicted octanol–water partition coefficient (Wildman–Crippen LogP) is 4.37. The smallest absolute Gasteiger partial charge is 0.264 e. The molecule has 0 aliphatic rings. The summed E-state index contributed by atoms with van der Waals surface area (Å²) in [5.74, 6) is -0.301. The van der Waals surface area contributed by atoms with Gasteiger partial charge in [-0.05, 0) is 12.8 Å². The van der Waals surface area contributed by atoms with Gasteiger partial charge < -0.3 is 52.1 Å². The highest BCUT2D eigenvalue weighted by Gasteiger charge is 2.03. The Morgan fingerprint density at radius 1 is 0.300 bits per heavy atom. The summed E-state index contributed by atoms with van der Waals surface area (Å²) in [6, 6.07) is 0. The quantitative estimate of drug-likeness (QED) is 0.0692. The third kappa shape index (κ3) is 47.5. The zero-order valence-corrected chi connectivity index (χ0v) is 32.0. The van der Waals surface area contributed by atoms with E-state index in [0.29, 0.717) is 132 Å². The first-order valence-electron chi connectivity index (χ1n) is 18.9. The van der Waals surface area contributed by atoms with E-state index < -0.39 is 10.1 Å². The first-order chi connectivity index (χ1) is 24.6. The summed E-state index contributed by atoms with van der Waals surface area (Å²) in [6.07, 6.45) is 13.6. The van der Waals surface area contributed by atoms with Crippen LogP contribution in [0.2, 0.25) is 0 Å². The number of rotatable bonds is 45. The lowest BCUT2D eigenvalue weighted by molar-refractivity contribution is -0.0275. The first kappa shape index (κ1) is 49.5. The lowest BCUT2D eigenvalue weighted by Gasteiger charge is -2.09. The maximum Gasteiger partial charge on any atom is 0.264 e. The van der Waals surface area contributed by atoms with Crippen molar-refractivity contribution >= 4 is 10.1 Å². The van der Waals surface area contributed by atoms with Crippen molar-refractivity contribution in [3.05, 3.63) is 0 Å². The fourth-order valence-corrected chi connectivity index (χ4v) is 4.82. The van der Waals surface area contributed by atoms with Gasteiger partial charge in [0.1, 0.15) is 0 Å². The second kappa shape index (κ2) is 42.9. The highest BCUT2D eigenvalue weighted by molar-refractivity contribution is 7.85. The van der Waals surface area contributed by atoms with Gasteiger partial charge in [-0.15, -0.1) is 0 Å². The average Bonchev–Trinajstić information content (AvgIpc) is 3.09. The Morgan fingerprint density at radius 2 is 0.500 bits per heavy atom. The van der Waals surface area contributed by atoms with Crippen LogP contribution in [0.15, 0.2) is 0 Å². The van der Waals surface area contributed by atoms with Crippen LogP contribution in [-0.2, 0) is 62.2 Å². The van der Waals surface area contributed by atoms with Crippen LogP contribution in [0.5, 0.6) is 0 Å². The molecule has 0 aliphatic carbocycles. The molecule has 1 N–H and O–H groups in total. The lowest BCUT2D eigenvalue weighted by Crippen LogP contribution is -2.15. The van der Waals surface area contributed by atoms with Gasteiger partial charge in [0.15, 0.2) is 0 Å². The molecule has 0 aromatic heterocycles.